The van der Waals surface area contributed by atoms with Crippen LogP contribution >= 0.6 is 12.2 Å². The van der Waals surface area contributed by atoms with Crippen LogP contribution in [0.1, 0.15) is 0 Å². The third-order valence-corrected chi connectivity index (χ3v) is 1.87. The fourth-order valence-electron chi connectivity index (χ4n) is 0.873. The van der Waals surface area contributed by atoms with Crippen molar-refractivity contribution in [1.82, 2.24) is 5.32 Å². The van der Waals surface area contributed by atoms with Crippen LogP contribution in [-0.2, 0) is 25.9 Å². The van der Waals surface area contributed by atoms with Gasteiger partial charge in [0.05, 0.1) is 6.61 Å². The second-order valence-electron chi connectivity index (χ2n) is 3.03. The van der Waals surface area contributed by atoms with Crippen molar-refractivity contribution in [3.05, 3.63) is 0 Å². The maximum Gasteiger partial charge on any atom is 0.257 e. The summed E-state index contributed by atoms with van der Waals surface area (Å²) in [4.78, 5) is 11.1. The Labute approximate surface area is 117 Å². The number of nitrogens with one attached hydrogen (secondary N) is 1. The van der Waals surface area contributed by atoms with E-state index >= 15 is 0 Å². The smallest absolute Gasteiger partial charge is 0.257 e. The molecule has 104 valence electrons. The molecule has 10 heteroatoms. The van der Waals surface area contributed by atoms with Crippen molar-refractivity contribution in [2.75, 3.05) is 6.61 Å². The number of amides is 1. The second kappa shape index (κ2) is 8.87. The summed E-state index contributed by atoms with van der Waals surface area (Å²) in [5, 5.41) is 46.5. The average molecular weight is 449 g/mol. The van der Waals surface area contributed by atoms with E-state index in [9.17, 15) is 20.1 Å². The zero-order valence-corrected chi connectivity index (χ0v) is 11.6. The Morgan fingerprint density at radius 3 is 2.06 bits per heavy atom. The van der Waals surface area contributed by atoms with Gasteiger partial charge in [-0.1, -0.05) is 0 Å². The van der Waals surface area contributed by atoms with Gasteiger partial charge in [-0.15, -0.1) is 0 Å². The van der Waals surface area contributed by atoms with Crippen LogP contribution in [0.25, 0.3) is 0 Å². The van der Waals surface area contributed by atoms with Crippen molar-refractivity contribution in [2.24, 2.45) is 5.73 Å². The van der Waals surface area contributed by atoms with Gasteiger partial charge in [-0.3, -0.25) is 4.79 Å². The minimum atomic E-state index is -2.03. The van der Waals surface area contributed by atoms with Gasteiger partial charge in [0, 0.05) is 21.1 Å². The first-order chi connectivity index (χ1) is 7.31. The molecular formula is C7H14N2O6PtS. The van der Waals surface area contributed by atoms with Crippen molar-refractivity contribution in [3.8, 4) is 0 Å². The first kappa shape index (κ1) is 19.2. The van der Waals surface area contributed by atoms with Gasteiger partial charge in [0.15, 0.2) is 11.2 Å². The van der Waals surface area contributed by atoms with Crippen LogP contribution in [0, 0.1) is 0 Å². The summed E-state index contributed by atoms with van der Waals surface area (Å²) in [6.07, 6.45) is -7.56. The van der Waals surface area contributed by atoms with E-state index < -0.39 is 42.0 Å². The van der Waals surface area contributed by atoms with Crippen LogP contribution < -0.4 is 11.1 Å². The summed E-state index contributed by atoms with van der Waals surface area (Å²) < 4.78 is 0. The van der Waals surface area contributed by atoms with Gasteiger partial charge < -0.3 is 36.6 Å². The van der Waals surface area contributed by atoms with Crippen molar-refractivity contribution in [1.29, 1.82) is 0 Å². The summed E-state index contributed by atoms with van der Waals surface area (Å²) in [5.41, 5.74) is 4.95. The Balaban J connectivity index is 0. The van der Waals surface area contributed by atoms with Gasteiger partial charge in [-0.2, -0.15) is 0 Å². The molecule has 8 N–H and O–H groups in total. The van der Waals surface area contributed by atoms with Crippen molar-refractivity contribution in [2.45, 2.75) is 24.4 Å². The first-order valence-corrected chi connectivity index (χ1v) is 4.65. The molecule has 0 fully saturated rings. The van der Waals surface area contributed by atoms with Crippen LogP contribution in [0.5, 0.6) is 0 Å². The van der Waals surface area contributed by atoms with Gasteiger partial charge in [0.1, 0.15) is 18.3 Å². The van der Waals surface area contributed by atoms with Gasteiger partial charge in [0.25, 0.3) is 5.91 Å². The number of hydrogen-bond donors (Lipinski definition) is 7. The molecule has 0 saturated heterocycles. The molecule has 0 aliphatic carbocycles. The van der Waals surface area contributed by atoms with Crippen LogP contribution in [0.3, 0.4) is 0 Å². The normalized spacial score (nSPS) is 17.2. The van der Waals surface area contributed by atoms with E-state index in [1.807, 2.05) is 5.32 Å². The SMILES string of the molecule is NC(=S)NC(=O)[C@H](O)[C@@H](O)[C@H](O)[C@H](O)CO.[Pt]. The molecule has 0 saturated carbocycles. The number of aliphatic hydroxyl groups is 5. The number of aliphatic hydroxyl groups excluding tert-OH is 5. The molecule has 0 aromatic heterocycles. The number of thiocarbonyl (C=S) groups is 1. The van der Waals surface area contributed by atoms with E-state index in [1.54, 1.807) is 0 Å². The molecule has 0 aromatic carbocycles. The van der Waals surface area contributed by atoms with Crippen LogP contribution in [-0.4, -0.2) is 67.6 Å². The average Bonchev–Trinajstić information content (AvgIpc) is 2.23. The number of carbonyl (C=O) groups is 1. The minimum absolute atomic E-state index is 0. The van der Waals surface area contributed by atoms with Crippen molar-refractivity contribution in [3.63, 3.8) is 0 Å². The molecule has 0 aromatic rings. The fraction of sp³-hybridized carbons (Fsp3) is 0.714. The maximum atomic E-state index is 11.1. The maximum absolute atomic E-state index is 11.1. The molecule has 17 heavy (non-hydrogen) atoms. The van der Waals surface area contributed by atoms with E-state index in [0.717, 1.165) is 0 Å². The quantitative estimate of drug-likeness (QED) is 0.208. The molecule has 0 spiro atoms. The molecule has 0 radical (unpaired) electrons. The first-order valence-electron chi connectivity index (χ1n) is 4.24. The van der Waals surface area contributed by atoms with E-state index in [-0.39, 0.29) is 21.1 Å². The molecule has 8 nitrogen and oxygen atoms in total. The summed E-state index contributed by atoms with van der Waals surface area (Å²) in [6, 6.07) is 0. The molecule has 0 rings (SSSR count). The van der Waals surface area contributed by atoms with Crippen LogP contribution in [0.2, 0.25) is 0 Å². The Hall–Kier alpha value is -0.152. The molecule has 0 unspecified atom stereocenters. The fourth-order valence-corrected chi connectivity index (χ4v) is 0.973. The van der Waals surface area contributed by atoms with E-state index in [4.69, 9.17) is 15.9 Å². The number of hydrogen-bond acceptors (Lipinski definition) is 7. The zero-order chi connectivity index (χ0) is 12.9. The third kappa shape index (κ3) is 6.37. The molecule has 0 aliphatic heterocycles. The Morgan fingerprint density at radius 2 is 1.71 bits per heavy atom. The molecule has 0 bridgehead atoms. The van der Waals surface area contributed by atoms with E-state index in [0.29, 0.717) is 0 Å². The van der Waals surface area contributed by atoms with Crippen LogP contribution in [0.15, 0.2) is 0 Å². The Morgan fingerprint density at radius 1 is 1.24 bits per heavy atom. The molecule has 0 heterocycles. The summed E-state index contributed by atoms with van der Waals surface area (Å²) in [6.45, 7) is -0.831. The molecular weight excluding hydrogens is 435 g/mol. The third-order valence-electron chi connectivity index (χ3n) is 1.77. The van der Waals surface area contributed by atoms with Crippen LogP contribution in [0.4, 0.5) is 0 Å². The minimum Gasteiger partial charge on any atom is -0.394 e. The van der Waals surface area contributed by atoms with E-state index in [1.165, 1.54) is 0 Å². The largest absolute Gasteiger partial charge is 0.394 e. The van der Waals surface area contributed by atoms with Gasteiger partial charge in [0.2, 0.25) is 0 Å². The second-order valence-corrected chi connectivity index (χ2v) is 3.47. The predicted octanol–water partition coefficient (Wildman–Crippen LogP) is -4.22. The monoisotopic (exact) mass is 449 g/mol. The number of carbonyl (C=O) groups excluding carboxylic acids is 1. The van der Waals surface area contributed by atoms with Gasteiger partial charge in [-0.05, 0) is 12.2 Å². The van der Waals surface area contributed by atoms with Crippen molar-refractivity contribution >= 4 is 23.2 Å². The summed E-state index contributed by atoms with van der Waals surface area (Å²) in [7, 11) is 0. The standard InChI is InChI=1S/C7H14N2O6S.Pt/c8-7(16)9-6(15)5(14)4(13)3(12)2(11)1-10;/h2-5,10-14H,1H2,(H3,8,9,15,16);/t2-,3-,4+,5-;/m1./s1. The topological polar surface area (TPSA) is 156 Å². The predicted molar refractivity (Wildman–Crippen MR) is 56.0 cm³/mol. The molecule has 0 aliphatic rings. The van der Waals surface area contributed by atoms with Crippen molar-refractivity contribution < 1.29 is 51.4 Å². The molecule has 1 amide bonds. The summed E-state index contributed by atoms with van der Waals surface area (Å²) in [5.74, 6) is -1.12. The number of rotatable bonds is 5. The zero-order valence-electron chi connectivity index (χ0n) is 8.46. The Bertz CT molecular complexity index is 269. The number of nitrogens with two attached hydrogens (primary N) is 1. The Kier molecular flexibility index (Phi) is 10.0. The van der Waals surface area contributed by atoms with Gasteiger partial charge >= 0.3 is 0 Å². The van der Waals surface area contributed by atoms with Gasteiger partial charge in [-0.25, -0.2) is 0 Å². The molecule has 4 atom stereocenters. The summed E-state index contributed by atoms with van der Waals surface area (Å²) >= 11 is 4.32. The van der Waals surface area contributed by atoms with E-state index in [2.05, 4.69) is 12.2 Å².